The van der Waals surface area contributed by atoms with E-state index in [0.717, 1.165) is 16.8 Å². The zero-order valence-electron chi connectivity index (χ0n) is 16.6. The lowest BCUT2D eigenvalue weighted by Gasteiger charge is -2.33. The molecule has 0 N–H and O–H groups in total. The van der Waals surface area contributed by atoms with Gasteiger partial charge in [-0.25, -0.2) is 4.39 Å². The molecule has 2 atom stereocenters. The molecule has 2 aliphatic heterocycles. The zero-order valence-corrected chi connectivity index (χ0v) is 18.2. The summed E-state index contributed by atoms with van der Waals surface area (Å²) in [6.45, 7) is 2.13. The van der Waals surface area contributed by atoms with Crippen molar-refractivity contribution in [1.82, 2.24) is 0 Å². The van der Waals surface area contributed by atoms with Gasteiger partial charge in [-0.2, -0.15) is 0 Å². The van der Waals surface area contributed by atoms with Crippen molar-refractivity contribution in [2.24, 2.45) is 0 Å². The minimum Gasteiger partial charge on any atom is -0.304 e. The Balaban J connectivity index is 1.66. The van der Waals surface area contributed by atoms with E-state index in [4.69, 9.17) is 11.6 Å². The minimum absolute atomic E-state index is 0.212. The monoisotopic (exact) mass is 452 g/mol. The number of hydrogen-bond donors (Lipinski definition) is 0. The van der Waals surface area contributed by atoms with E-state index in [2.05, 4.69) is 0 Å². The highest BCUT2D eigenvalue weighted by atomic mass is 35.5. The number of halogens is 2. The van der Waals surface area contributed by atoms with Crippen LogP contribution in [-0.4, -0.2) is 17.1 Å². The molecule has 0 aliphatic carbocycles. The van der Waals surface area contributed by atoms with Crippen LogP contribution in [0.2, 0.25) is 5.02 Å². The van der Waals surface area contributed by atoms with Crippen LogP contribution in [0, 0.1) is 5.82 Å². The molecular formula is C24H18ClFN2O2S. The smallest absolute Gasteiger partial charge is 0.269 e. The molecule has 5 rings (SSSR count). The van der Waals surface area contributed by atoms with Crippen LogP contribution in [0.3, 0.4) is 0 Å². The Morgan fingerprint density at radius 2 is 1.77 bits per heavy atom. The topological polar surface area (TPSA) is 40.6 Å². The van der Waals surface area contributed by atoms with Crippen molar-refractivity contribution in [2.45, 2.75) is 23.6 Å². The first-order valence-electron chi connectivity index (χ1n) is 9.85. The fourth-order valence-electron chi connectivity index (χ4n) is 4.28. The second kappa shape index (κ2) is 7.39. The molecule has 0 saturated carbocycles. The number of benzene rings is 3. The highest BCUT2D eigenvalue weighted by molar-refractivity contribution is 8.03. The summed E-state index contributed by atoms with van der Waals surface area (Å²) >= 11 is 7.31. The van der Waals surface area contributed by atoms with Crippen molar-refractivity contribution in [1.29, 1.82) is 0 Å². The highest BCUT2D eigenvalue weighted by Gasteiger charge is 2.63. The van der Waals surface area contributed by atoms with Crippen molar-refractivity contribution in [3.05, 3.63) is 94.8 Å². The van der Waals surface area contributed by atoms with Crippen LogP contribution in [0.4, 0.5) is 15.8 Å². The van der Waals surface area contributed by atoms with Gasteiger partial charge in [-0.1, -0.05) is 48.0 Å². The number of thioether (sulfide) groups is 1. The Labute approximate surface area is 188 Å². The van der Waals surface area contributed by atoms with E-state index in [1.807, 2.05) is 36.4 Å². The van der Waals surface area contributed by atoms with Gasteiger partial charge in [0.05, 0.1) is 17.5 Å². The fourth-order valence-corrected chi connectivity index (χ4v) is 5.94. The van der Waals surface area contributed by atoms with Gasteiger partial charge < -0.3 is 4.90 Å². The number of hydrogen-bond acceptors (Lipinski definition) is 3. The van der Waals surface area contributed by atoms with E-state index >= 15 is 0 Å². The number of para-hydroxylation sites is 1. The average molecular weight is 453 g/mol. The largest absolute Gasteiger partial charge is 0.304 e. The normalized spacial score (nSPS) is 22.5. The first-order valence-corrected chi connectivity index (χ1v) is 11.1. The fraction of sp³-hybridized carbons (Fsp3) is 0.167. The van der Waals surface area contributed by atoms with Gasteiger partial charge in [0.15, 0.2) is 0 Å². The molecule has 2 unspecified atom stereocenters. The Kier molecular flexibility index (Phi) is 4.79. The van der Waals surface area contributed by atoms with Gasteiger partial charge in [0.2, 0.25) is 10.8 Å². The summed E-state index contributed by atoms with van der Waals surface area (Å²) in [5, 5.41) is 0.173. The molecule has 0 aromatic heterocycles. The summed E-state index contributed by atoms with van der Waals surface area (Å²) < 4.78 is 14.1. The van der Waals surface area contributed by atoms with Crippen LogP contribution in [-0.2, 0) is 21.0 Å². The predicted octanol–water partition coefficient (Wildman–Crippen LogP) is 5.35. The van der Waals surface area contributed by atoms with Crippen LogP contribution in [0.1, 0.15) is 18.1 Å². The lowest BCUT2D eigenvalue weighted by molar-refractivity contribution is -0.124. The summed E-state index contributed by atoms with van der Waals surface area (Å²) in [5.41, 5.74) is 2.78. The molecule has 2 amide bonds. The van der Waals surface area contributed by atoms with E-state index < -0.39 is 15.9 Å². The number of carbonyl (C=O) groups is 2. The Bertz CT molecular complexity index is 1200. The summed E-state index contributed by atoms with van der Waals surface area (Å²) in [4.78, 5) is 29.1. The molecule has 2 heterocycles. The van der Waals surface area contributed by atoms with Crippen molar-refractivity contribution < 1.29 is 14.0 Å². The number of fused-ring (bicyclic) bond motifs is 2. The Morgan fingerprint density at radius 3 is 2.52 bits per heavy atom. The van der Waals surface area contributed by atoms with Gasteiger partial charge in [0.25, 0.3) is 5.91 Å². The predicted molar refractivity (Wildman–Crippen MR) is 122 cm³/mol. The second-order valence-electron chi connectivity index (χ2n) is 7.59. The molecule has 1 fully saturated rings. The SMILES string of the molecule is CC1SC2(C(=O)N(Cc3ccc(Cl)cc3)c3ccccc32)N(c2cccc(F)c2)C1=O. The van der Waals surface area contributed by atoms with E-state index in [0.29, 0.717) is 17.3 Å². The molecule has 7 heteroatoms. The van der Waals surface area contributed by atoms with Crippen LogP contribution in [0.25, 0.3) is 0 Å². The van der Waals surface area contributed by atoms with Crippen molar-refractivity contribution in [3.63, 3.8) is 0 Å². The van der Waals surface area contributed by atoms with Crippen molar-refractivity contribution in [2.75, 3.05) is 9.80 Å². The molecule has 0 radical (unpaired) electrons. The molecule has 0 bridgehead atoms. The quantitative estimate of drug-likeness (QED) is 0.538. The van der Waals surface area contributed by atoms with Gasteiger partial charge in [-0.3, -0.25) is 14.5 Å². The van der Waals surface area contributed by atoms with Gasteiger partial charge >= 0.3 is 0 Å². The molecule has 3 aromatic carbocycles. The zero-order chi connectivity index (χ0) is 21.8. The number of rotatable bonds is 3. The lowest BCUT2D eigenvalue weighted by Crippen LogP contribution is -2.49. The molecule has 1 spiro atoms. The third-order valence-electron chi connectivity index (χ3n) is 5.65. The van der Waals surface area contributed by atoms with E-state index in [-0.39, 0.29) is 11.8 Å². The second-order valence-corrected chi connectivity index (χ2v) is 9.56. The molecule has 2 aliphatic rings. The van der Waals surface area contributed by atoms with Crippen molar-refractivity contribution in [3.8, 4) is 0 Å². The van der Waals surface area contributed by atoms with E-state index in [1.165, 1.54) is 28.8 Å². The van der Waals surface area contributed by atoms with Gasteiger partial charge in [0, 0.05) is 16.3 Å². The summed E-state index contributed by atoms with van der Waals surface area (Å²) in [6, 6.07) is 20.7. The maximum atomic E-state index is 14.1. The summed E-state index contributed by atoms with van der Waals surface area (Å²) in [5.74, 6) is -0.885. The van der Waals surface area contributed by atoms with Gasteiger partial charge in [-0.15, -0.1) is 11.8 Å². The van der Waals surface area contributed by atoms with Crippen molar-refractivity contribution >= 4 is 46.6 Å². The van der Waals surface area contributed by atoms with Crippen LogP contribution < -0.4 is 9.80 Å². The van der Waals surface area contributed by atoms with Crippen LogP contribution in [0.15, 0.2) is 72.8 Å². The molecule has 1 saturated heterocycles. The number of nitrogens with zero attached hydrogens (tertiary/aromatic N) is 2. The van der Waals surface area contributed by atoms with Gasteiger partial charge in [-0.05, 0) is 48.9 Å². The third kappa shape index (κ3) is 3.05. The average Bonchev–Trinajstić information content (AvgIpc) is 3.16. The van der Waals surface area contributed by atoms with E-state index in [1.54, 1.807) is 36.1 Å². The maximum absolute atomic E-state index is 14.1. The molecule has 156 valence electrons. The van der Waals surface area contributed by atoms with Crippen LogP contribution >= 0.6 is 23.4 Å². The molecule has 3 aromatic rings. The number of anilines is 2. The minimum atomic E-state index is -1.27. The number of amides is 2. The Morgan fingerprint density at radius 1 is 1.03 bits per heavy atom. The molecule has 4 nitrogen and oxygen atoms in total. The van der Waals surface area contributed by atoms with E-state index in [9.17, 15) is 14.0 Å². The summed E-state index contributed by atoms with van der Waals surface area (Å²) in [7, 11) is 0. The highest BCUT2D eigenvalue weighted by Crippen LogP contribution is 2.58. The molecule has 31 heavy (non-hydrogen) atoms. The summed E-state index contributed by atoms with van der Waals surface area (Å²) in [6.07, 6.45) is 0. The standard InChI is InChI=1S/C24H18ClFN2O2S/c1-15-22(29)28(19-6-4-5-18(26)13-19)24(31-15)20-7-2-3-8-21(20)27(23(24)30)14-16-9-11-17(25)12-10-16/h2-13,15H,14H2,1H3. The number of carbonyl (C=O) groups excluding carboxylic acids is 2. The van der Waals surface area contributed by atoms with Gasteiger partial charge in [0.1, 0.15) is 5.82 Å². The maximum Gasteiger partial charge on any atom is 0.269 e. The first-order chi connectivity index (χ1) is 14.9. The third-order valence-corrected chi connectivity index (χ3v) is 7.37. The molecular weight excluding hydrogens is 435 g/mol. The van der Waals surface area contributed by atoms with Crippen LogP contribution in [0.5, 0.6) is 0 Å². The first kappa shape index (κ1) is 20.1. The Hall–Kier alpha value is -2.83. The lowest BCUT2D eigenvalue weighted by atomic mass is 10.0.